The van der Waals surface area contributed by atoms with E-state index in [-0.39, 0.29) is 11.6 Å². The Morgan fingerprint density at radius 1 is 1.50 bits per heavy atom. The first kappa shape index (κ1) is 11.2. The van der Waals surface area contributed by atoms with Gasteiger partial charge in [-0.25, -0.2) is 4.98 Å². The van der Waals surface area contributed by atoms with Gasteiger partial charge in [0.1, 0.15) is 0 Å². The summed E-state index contributed by atoms with van der Waals surface area (Å²) < 4.78 is 2.06. The Bertz CT molecular complexity index is 641. The highest BCUT2D eigenvalue weighted by molar-refractivity contribution is 5.51. The van der Waals surface area contributed by atoms with Gasteiger partial charge in [-0.05, 0) is 18.9 Å². The first-order valence-corrected chi connectivity index (χ1v) is 6.15. The standard InChI is InChI=1S/C13H16N4O/c1-17-11-6-5-8(14)7-10(11)16-13(17)9-3-2-4-12(18)15-9/h2-4,8H,5-7,14H2,1H3,(H,15,18). The zero-order valence-corrected chi connectivity index (χ0v) is 10.3. The van der Waals surface area contributed by atoms with E-state index in [0.29, 0.717) is 0 Å². The minimum atomic E-state index is -0.106. The number of nitrogens with zero attached hydrogens (tertiary/aromatic N) is 2. The van der Waals surface area contributed by atoms with E-state index in [1.54, 1.807) is 6.07 Å². The van der Waals surface area contributed by atoms with Gasteiger partial charge in [-0.2, -0.15) is 0 Å². The van der Waals surface area contributed by atoms with Gasteiger partial charge >= 0.3 is 0 Å². The van der Waals surface area contributed by atoms with Crippen LogP contribution in [0, 0.1) is 0 Å². The van der Waals surface area contributed by atoms with Gasteiger partial charge in [0, 0.05) is 31.3 Å². The third kappa shape index (κ3) is 1.76. The van der Waals surface area contributed by atoms with Crippen molar-refractivity contribution in [3.05, 3.63) is 39.9 Å². The number of aromatic amines is 1. The summed E-state index contributed by atoms with van der Waals surface area (Å²) in [5.74, 6) is 0.812. The van der Waals surface area contributed by atoms with Gasteiger partial charge in [-0.1, -0.05) is 6.07 Å². The van der Waals surface area contributed by atoms with Crippen molar-refractivity contribution < 1.29 is 0 Å². The lowest BCUT2D eigenvalue weighted by atomic mass is 9.97. The maximum Gasteiger partial charge on any atom is 0.248 e. The predicted molar refractivity (Wildman–Crippen MR) is 69.3 cm³/mol. The molecule has 0 amide bonds. The van der Waals surface area contributed by atoms with Crippen molar-refractivity contribution in [3.8, 4) is 11.5 Å². The Hall–Kier alpha value is -1.88. The van der Waals surface area contributed by atoms with E-state index >= 15 is 0 Å². The molecule has 18 heavy (non-hydrogen) atoms. The molecule has 0 aromatic carbocycles. The second kappa shape index (κ2) is 4.10. The van der Waals surface area contributed by atoms with Crippen LogP contribution >= 0.6 is 0 Å². The third-order valence-electron chi connectivity index (χ3n) is 3.51. The van der Waals surface area contributed by atoms with Crippen molar-refractivity contribution in [1.29, 1.82) is 0 Å². The summed E-state index contributed by atoms with van der Waals surface area (Å²) in [5, 5.41) is 0. The van der Waals surface area contributed by atoms with Crippen molar-refractivity contribution in [2.45, 2.75) is 25.3 Å². The van der Waals surface area contributed by atoms with Gasteiger partial charge in [-0.15, -0.1) is 0 Å². The van der Waals surface area contributed by atoms with Crippen molar-refractivity contribution in [2.75, 3.05) is 0 Å². The van der Waals surface area contributed by atoms with E-state index in [1.807, 2.05) is 13.1 Å². The van der Waals surface area contributed by atoms with Crippen LogP contribution in [0.1, 0.15) is 17.8 Å². The van der Waals surface area contributed by atoms with Crippen LogP contribution in [-0.2, 0) is 19.9 Å². The SMILES string of the molecule is Cn1c(-c2cccc(=O)[nH]2)nc2c1CCC(N)C2. The Morgan fingerprint density at radius 3 is 3.11 bits per heavy atom. The monoisotopic (exact) mass is 244 g/mol. The van der Waals surface area contributed by atoms with Crippen LogP contribution in [0.2, 0.25) is 0 Å². The fourth-order valence-electron chi connectivity index (χ4n) is 2.56. The number of nitrogens with two attached hydrogens (primary N) is 1. The maximum absolute atomic E-state index is 11.4. The number of nitrogens with one attached hydrogen (secondary N) is 1. The molecule has 1 aliphatic carbocycles. The summed E-state index contributed by atoms with van der Waals surface area (Å²) in [5.41, 5.74) is 8.91. The van der Waals surface area contributed by atoms with Gasteiger partial charge in [0.05, 0.1) is 11.4 Å². The van der Waals surface area contributed by atoms with Crippen molar-refractivity contribution >= 4 is 0 Å². The fourth-order valence-corrected chi connectivity index (χ4v) is 2.56. The molecule has 2 aromatic heterocycles. The number of pyridine rings is 1. The first-order chi connectivity index (χ1) is 8.65. The Balaban J connectivity index is 2.11. The van der Waals surface area contributed by atoms with Crippen LogP contribution in [0.25, 0.3) is 11.5 Å². The number of imidazole rings is 1. The molecular formula is C13H16N4O. The van der Waals surface area contributed by atoms with E-state index in [2.05, 4.69) is 14.5 Å². The van der Waals surface area contributed by atoms with E-state index in [4.69, 9.17) is 5.73 Å². The van der Waals surface area contributed by atoms with E-state index in [0.717, 1.165) is 36.5 Å². The molecule has 0 bridgehead atoms. The van der Waals surface area contributed by atoms with Crippen LogP contribution in [0.15, 0.2) is 23.0 Å². The second-order valence-electron chi connectivity index (χ2n) is 4.82. The molecule has 0 spiro atoms. The molecule has 0 fully saturated rings. The maximum atomic E-state index is 11.4. The zero-order chi connectivity index (χ0) is 12.7. The molecule has 5 nitrogen and oxygen atoms in total. The summed E-state index contributed by atoms with van der Waals surface area (Å²) in [6.45, 7) is 0. The molecule has 2 heterocycles. The second-order valence-corrected chi connectivity index (χ2v) is 4.82. The summed E-state index contributed by atoms with van der Waals surface area (Å²) in [6.07, 6.45) is 2.77. The smallest absolute Gasteiger partial charge is 0.248 e. The van der Waals surface area contributed by atoms with Crippen LogP contribution in [0.5, 0.6) is 0 Å². The van der Waals surface area contributed by atoms with Crippen LogP contribution < -0.4 is 11.3 Å². The highest BCUT2D eigenvalue weighted by Gasteiger charge is 2.22. The molecular weight excluding hydrogens is 228 g/mol. The van der Waals surface area contributed by atoms with Crippen LogP contribution in [0.4, 0.5) is 0 Å². The Labute approximate surface area is 105 Å². The zero-order valence-electron chi connectivity index (χ0n) is 10.3. The quantitative estimate of drug-likeness (QED) is 0.771. The largest absolute Gasteiger partial charge is 0.330 e. The molecule has 1 aliphatic rings. The Kier molecular flexibility index (Phi) is 2.56. The summed E-state index contributed by atoms with van der Waals surface area (Å²) in [7, 11) is 1.99. The lowest BCUT2D eigenvalue weighted by Crippen LogP contribution is -2.28. The van der Waals surface area contributed by atoms with Crippen LogP contribution in [-0.4, -0.2) is 20.6 Å². The molecule has 2 aromatic rings. The summed E-state index contributed by atoms with van der Waals surface area (Å²) in [4.78, 5) is 18.8. The molecule has 3 rings (SSSR count). The summed E-state index contributed by atoms with van der Waals surface area (Å²) in [6, 6.07) is 5.32. The van der Waals surface area contributed by atoms with E-state index < -0.39 is 0 Å². The van der Waals surface area contributed by atoms with Crippen molar-refractivity contribution in [1.82, 2.24) is 14.5 Å². The number of fused-ring (bicyclic) bond motifs is 1. The predicted octanol–water partition coefficient (Wildman–Crippen LogP) is 0.591. The lowest BCUT2D eigenvalue weighted by Gasteiger charge is -2.17. The van der Waals surface area contributed by atoms with Gasteiger partial charge in [0.25, 0.3) is 0 Å². The fraction of sp³-hybridized carbons (Fsp3) is 0.385. The number of hydrogen-bond donors (Lipinski definition) is 2. The number of H-pyrrole nitrogens is 1. The molecule has 3 N–H and O–H groups in total. The van der Waals surface area contributed by atoms with Gasteiger partial charge in [-0.3, -0.25) is 4.79 Å². The van der Waals surface area contributed by atoms with E-state index in [1.165, 1.54) is 11.8 Å². The minimum Gasteiger partial charge on any atom is -0.330 e. The highest BCUT2D eigenvalue weighted by atomic mass is 16.1. The molecule has 5 heteroatoms. The number of rotatable bonds is 1. The minimum absolute atomic E-state index is 0.106. The van der Waals surface area contributed by atoms with Gasteiger partial charge in [0.15, 0.2) is 5.82 Å². The average molecular weight is 244 g/mol. The lowest BCUT2D eigenvalue weighted by molar-refractivity contribution is 0.554. The normalized spacial score (nSPS) is 18.7. The summed E-state index contributed by atoms with van der Waals surface area (Å²) >= 11 is 0. The number of aromatic nitrogens is 3. The van der Waals surface area contributed by atoms with Gasteiger partial charge < -0.3 is 15.3 Å². The van der Waals surface area contributed by atoms with Crippen molar-refractivity contribution in [2.24, 2.45) is 12.8 Å². The van der Waals surface area contributed by atoms with Gasteiger partial charge in [0.2, 0.25) is 5.56 Å². The average Bonchev–Trinajstić information content (AvgIpc) is 2.66. The topological polar surface area (TPSA) is 76.7 Å². The van der Waals surface area contributed by atoms with E-state index in [9.17, 15) is 4.79 Å². The third-order valence-corrected chi connectivity index (χ3v) is 3.51. The van der Waals surface area contributed by atoms with Crippen LogP contribution in [0.3, 0.4) is 0 Å². The Morgan fingerprint density at radius 2 is 2.33 bits per heavy atom. The molecule has 1 unspecified atom stereocenters. The molecule has 0 saturated heterocycles. The molecule has 1 atom stereocenters. The molecule has 94 valence electrons. The molecule has 0 saturated carbocycles. The molecule has 0 radical (unpaired) electrons. The molecule has 0 aliphatic heterocycles. The van der Waals surface area contributed by atoms with Crippen molar-refractivity contribution in [3.63, 3.8) is 0 Å². The highest BCUT2D eigenvalue weighted by Crippen LogP contribution is 2.24. The number of hydrogen-bond acceptors (Lipinski definition) is 3. The first-order valence-electron chi connectivity index (χ1n) is 6.15.